The summed E-state index contributed by atoms with van der Waals surface area (Å²) in [6.07, 6.45) is 2.84. The molecule has 0 aromatic carbocycles. The fourth-order valence-electron chi connectivity index (χ4n) is 2.48. The Labute approximate surface area is 85.3 Å². The Kier molecular flexibility index (Phi) is 2.79. The average Bonchev–Trinajstić information content (AvgIpc) is 2.58. The Bertz CT molecular complexity index is 202. The van der Waals surface area contributed by atoms with E-state index in [1.165, 1.54) is 0 Å². The maximum Gasteiger partial charge on any atom is 0.170 e. The first-order valence-corrected chi connectivity index (χ1v) is 5.33. The van der Waals surface area contributed by atoms with E-state index >= 15 is 0 Å². The van der Waals surface area contributed by atoms with Gasteiger partial charge in [-0.15, -0.1) is 0 Å². The molecule has 0 unspecified atom stereocenters. The molecule has 1 saturated heterocycles. The molecule has 2 atom stereocenters. The van der Waals surface area contributed by atoms with Crippen molar-refractivity contribution >= 4 is 0 Å². The molecule has 4 nitrogen and oxygen atoms in total. The van der Waals surface area contributed by atoms with E-state index in [-0.39, 0.29) is 11.8 Å². The van der Waals surface area contributed by atoms with Crippen LogP contribution >= 0.6 is 0 Å². The monoisotopic (exact) mass is 200 g/mol. The molecule has 1 heterocycles. The summed E-state index contributed by atoms with van der Waals surface area (Å²) in [6.45, 7) is 1.46. The van der Waals surface area contributed by atoms with Gasteiger partial charge in [-0.2, -0.15) is 0 Å². The minimum Gasteiger partial charge on any atom is -0.347 e. The highest BCUT2D eigenvalue weighted by molar-refractivity contribution is 4.93. The third-order valence-electron chi connectivity index (χ3n) is 3.35. The van der Waals surface area contributed by atoms with Crippen molar-refractivity contribution in [2.24, 2.45) is 5.73 Å². The number of nitrogens with zero attached hydrogens (tertiary/aromatic N) is 1. The minimum absolute atomic E-state index is 0.253. The second-order valence-corrected chi connectivity index (χ2v) is 4.55. The maximum atomic E-state index is 6.08. The van der Waals surface area contributed by atoms with Gasteiger partial charge >= 0.3 is 0 Å². The predicted octanol–water partition coefficient (Wildman–Crippen LogP) is 0.171. The van der Waals surface area contributed by atoms with Crippen molar-refractivity contribution in [3.63, 3.8) is 0 Å². The Morgan fingerprint density at radius 3 is 2.50 bits per heavy atom. The van der Waals surface area contributed by atoms with Gasteiger partial charge in [0, 0.05) is 24.9 Å². The van der Waals surface area contributed by atoms with E-state index in [0.29, 0.717) is 6.04 Å². The maximum absolute atomic E-state index is 6.08. The van der Waals surface area contributed by atoms with Gasteiger partial charge in [0.1, 0.15) is 0 Å². The van der Waals surface area contributed by atoms with Crippen LogP contribution in [0.1, 0.15) is 19.3 Å². The molecule has 2 N–H and O–H groups in total. The smallest absolute Gasteiger partial charge is 0.170 e. The Hall–Kier alpha value is -0.160. The van der Waals surface area contributed by atoms with Crippen LogP contribution in [0.4, 0.5) is 0 Å². The lowest BCUT2D eigenvalue weighted by Crippen LogP contribution is -2.54. The number of hydrogen-bond acceptors (Lipinski definition) is 4. The minimum atomic E-state index is -0.315. The van der Waals surface area contributed by atoms with Crippen LogP contribution < -0.4 is 5.73 Å². The lowest BCUT2D eigenvalue weighted by Gasteiger charge is -2.42. The first kappa shape index (κ1) is 10.4. The number of nitrogens with two attached hydrogens (primary N) is 1. The molecule has 1 aliphatic heterocycles. The molecule has 1 aliphatic carbocycles. The van der Waals surface area contributed by atoms with Gasteiger partial charge in [0.05, 0.1) is 13.2 Å². The summed E-state index contributed by atoms with van der Waals surface area (Å²) in [5.74, 6) is -0.315. The van der Waals surface area contributed by atoms with E-state index in [9.17, 15) is 0 Å². The third kappa shape index (κ3) is 1.80. The topological polar surface area (TPSA) is 47.7 Å². The molecule has 14 heavy (non-hydrogen) atoms. The molecule has 0 radical (unpaired) electrons. The quantitative estimate of drug-likeness (QED) is 0.655. The van der Waals surface area contributed by atoms with Crippen molar-refractivity contribution in [3.8, 4) is 0 Å². The molecular formula is C10H20N2O2. The van der Waals surface area contributed by atoms with Crippen molar-refractivity contribution in [1.82, 2.24) is 4.90 Å². The summed E-state index contributed by atoms with van der Waals surface area (Å²) < 4.78 is 11.4. The number of hydrogen-bond donors (Lipinski definition) is 1. The lowest BCUT2D eigenvalue weighted by atomic mass is 9.85. The molecule has 2 rings (SSSR count). The molecule has 2 fully saturated rings. The van der Waals surface area contributed by atoms with Gasteiger partial charge < -0.3 is 20.1 Å². The van der Waals surface area contributed by atoms with E-state index in [4.69, 9.17) is 15.2 Å². The molecule has 1 saturated carbocycles. The highest BCUT2D eigenvalue weighted by Crippen LogP contribution is 2.36. The predicted molar refractivity (Wildman–Crippen MR) is 53.9 cm³/mol. The summed E-state index contributed by atoms with van der Waals surface area (Å²) in [4.78, 5) is 2.18. The molecule has 0 amide bonds. The van der Waals surface area contributed by atoms with E-state index in [0.717, 1.165) is 32.5 Å². The van der Waals surface area contributed by atoms with Gasteiger partial charge in [0.15, 0.2) is 5.79 Å². The first-order chi connectivity index (χ1) is 6.63. The van der Waals surface area contributed by atoms with Crippen LogP contribution in [0.2, 0.25) is 0 Å². The van der Waals surface area contributed by atoms with Gasteiger partial charge in [0.25, 0.3) is 0 Å². The zero-order chi connectivity index (χ0) is 10.2. The van der Waals surface area contributed by atoms with Gasteiger partial charge in [-0.25, -0.2) is 0 Å². The van der Waals surface area contributed by atoms with Gasteiger partial charge in [0.2, 0.25) is 0 Å². The zero-order valence-corrected chi connectivity index (χ0v) is 9.03. The highest BCUT2D eigenvalue weighted by Gasteiger charge is 2.44. The van der Waals surface area contributed by atoms with Gasteiger partial charge in [-0.3, -0.25) is 0 Å². The average molecular weight is 200 g/mol. The van der Waals surface area contributed by atoms with E-state index in [1.807, 2.05) is 0 Å². The summed E-state index contributed by atoms with van der Waals surface area (Å²) in [6, 6.07) is 0.630. The lowest BCUT2D eigenvalue weighted by molar-refractivity contribution is -0.189. The van der Waals surface area contributed by atoms with Crippen LogP contribution in [-0.2, 0) is 9.47 Å². The van der Waals surface area contributed by atoms with Crippen LogP contribution in [0.5, 0.6) is 0 Å². The highest BCUT2D eigenvalue weighted by atomic mass is 16.7. The van der Waals surface area contributed by atoms with Crippen molar-refractivity contribution in [3.05, 3.63) is 0 Å². The normalized spacial score (nSPS) is 36.9. The fourth-order valence-corrected chi connectivity index (χ4v) is 2.48. The number of ether oxygens (including phenoxy) is 2. The SMILES string of the molecule is CN(C)[C@@H]1CC2(CC[C@H]1N)OCCO2. The Morgan fingerprint density at radius 2 is 1.93 bits per heavy atom. The number of likely N-dealkylation sites (N-methyl/N-ethyl adjacent to an activating group) is 1. The first-order valence-electron chi connectivity index (χ1n) is 5.33. The molecule has 1 spiro atoms. The second kappa shape index (κ2) is 3.77. The standard InChI is InChI=1S/C10H20N2O2/c1-12(2)9-7-10(4-3-8(9)11)13-5-6-14-10/h8-9H,3-7,11H2,1-2H3/t8-,9-/m1/s1. The van der Waals surface area contributed by atoms with Crippen LogP contribution in [0.25, 0.3) is 0 Å². The van der Waals surface area contributed by atoms with E-state index < -0.39 is 0 Å². The molecule has 2 aliphatic rings. The van der Waals surface area contributed by atoms with Crippen molar-refractivity contribution < 1.29 is 9.47 Å². The largest absolute Gasteiger partial charge is 0.347 e. The number of rotatable bonds is 1. The summed E-state index contributed by atoms with van der Waals surface area (Å²) in [5.41, 5.74) is 6.08. The Morgan fingerprint density at radius 1 is 1.29 bits per heavy atom. The van der Waals surface area contributed by atoms with Crippen LogP contribution in [0, 0.1) is 0 Å². The van der Waals surface area contributed by atoms with Crippen molar-refractivity contribution in [2.75, 3.05) is 27.3 Å². The molecule has 0 aromatic heterocycles. The molecule has 0 bridgehead atoms. The van der Waals surface area contributed by atoms with E-state index in [1.54, 1.807) is 0 Å². The van der Waals surface area contributed by atoms with E-state index in [2.05, 4.69) is 19.0 Å². The van der Waals surface area contributed by atoms with Gasteiger partial charge in [-0.1, -0.05) is 0 Å². The second-order valence-electron chi connectivity index (χ2n) is 4.55. The van der Waals surface area contributed by atoms with Crippen LogP contribution in [0.3, 0.4) is 0 Å². The molecule has 0 aromatic rings. The summed E-state index contributed by atoms with van der Waals surface area (Å²) in [7, 11) is 4.14. The third-order valence-corrected chi connectivity index (χ3v) is 3.35. The zero-order valence-electron chi connectivity index (χ0n) is 9.03. The van der Waals surface area contributed by atoms with Gasteiger partial charge in [-0.05, 0) is 20.5 Å². The van der Waals surface area contributed by atoms with Crippen LogP contribution in [-0.4, -0.2) is 50.1 Å². The molecule has 82 valence electrons. The molecular weight excluding hydrogens is 180 g/mol. The summed E-state index contributed by atoms with van der Waals surface area (Å²) in [5, 5.41) is 0. The molecule has 4 heteroatoms. The van der Waals surface area contributed by atoms with Crippen LogP contribution in [0.15, 0.2) is 0 Å². The summed E-state index contributed by atoms with van der Waals surface area (Å²) >= 11 is 0. The van der Waals surface area contributed by atoms with Crippen molar-refractivity contribution in [1.29, 1.82) is 0 Å². The Balaban J connectivity index is 2.04. The fraction of sp³-hybridized carbons (Fsp3) is 1.00. The van der Waals surface area contributed by atoms with Crippen molar-refractivity contribution in [2.45, 2.75) is 37.1 Å².